The van der Waals surface area contributed by atoms with Crippen LogP contribution >= 0.6 is 0 Å². The number of carbonyl (C=O) groups excluding carboxylic acids is 1. The molecule has 3 heteroatoms. The van der Waals surface area contributed by atoms with E-state index in [0.29, 0.717) is 11.8 Å². The highest BCUT2D eigenvalue weighted by Crippen LogP contribution is 2.49. The molecule has 0 bridgehead atoms. The van der Waals surface area contributed by atoms with Crippen LogP contribution in [0.25, 0.3) is 0 Å². The standard InChI is InChI=1S/C20H20FNO/c21-16-8-4-7-14(9-16)18-11-19(18)20(23)22-12-15-10-17(15)13-5-2-1-3-6-13/h1-9,15,17-19H,10-12H2,(H,22,23). The highest BCUT2D eigenvalue weighted by molar-refractivity contribution is 5.82. The van der Waals surface area contributed by atoms with Gasteiger partial charge < -0.3 is 5.32 Å². The van der Waals surface area contributed by atoms with Gasteiger partial charge in [-0.15, -0.1) is 0 Å². The van der Waals surface area contributed by atoms with Gasteiger partial charge in [0.05, 0.1) is 0 Å². The maximum atomic E-state index is 13.2. The fourth-order valence-electron chi connectivity index (χ4n) is 3.53. The molecule has 0 saturated heterocycles. The van der Waals surface area contributed by atoms with E-state index in [4.69, 9.17) is 0 Å². The molecule has 1 amide bonds. The van der Waals surface area contributed by atoms with E-state index in [0.717, 1.165) is 24.9 Å². The Hall–Kier alpha value is -2.16. The lowest BCUT2D eigenvalue weighted by atomic mass is 10.1. The van der Waals surface area contributed by atoms with E-state index in [9.17, 15) is 9.18 Å². The van der Waals surface area contributed by atoms with E-state index in [-0.39, 0.29) is 23.6 Å². The summed E-state index contributed by atoms with van der Waals surface area (Å²) in [4.78, 5) is 12.2. The van der Waals surface area contributed by atoms with Gasteiger partial charge in [-0.1, -0.05) is 42.5 Å². The zero-order chi connectivity index (χ0) is 15.8. The van der Waals surface area contributed by atoms with Crippen molar-refractivity contribution >= 4 is 5.91 Å². The van der Waals surface area contributed by atoms with Crippen LogP contribution < -0.4 is 5.32 Å². The minimum atomic E-state index is -0.225. The number of nitrogens with one attached hydrogen (secondary N) is 1. The maximum Gasteiger partial charge on any atom is 0.223 e. The molecule has 1 N–H and O–H groups in total. The summed E-state index contributed by atoms with van der Waals surface area (Å²) in [5, 5.41) is 3.09. The average molecular weight is 309 g/mol. The second kappa shape index (κ2) is 5.80. The van der Waals surface area contributed by atoms with Crippen LogP contribution in [0.4, 0.5) is 4.39 Å². The van der Waals surface area contributed by atoms with Crippen LogP contribution in [0, 0.1) is 17.7 Å². The Morgan fingerprint density at radius 1 is 1.00 bits per heavy atom. The summed E-state index contributed by atoms with van der Waals surface area (Å²) in [7, 11) is 0. The van der Waals surface area contributed by atoms with Crippen molar-refractivity contribution in [3.05, 3.63) is 71.5 Å². The molecule has 2 aliphatic rings. The number of amides is 1. The minimum absolute atomic E-state index is 0.0192. The second-order valence-corrected chi connectivity index (χ2v) is 6.76. The predicted octanol–water partition coefficient (Wildman–Crippen LogP) is 3.85. The van der Waals surface area contributed by atoms with Crippen LogP contribution in [0.15, 0.2) is 54.6 Å². The van der Waals surface area contributed by atoms with Gasteiger partial charge in [-0.3, -0.25) is 4.79 Å². The number of carbonyl (C=O) groups is 1. The quantitative estimate of drug-likeness (QED) is 0.893. The molecule has 2 aliphatic carbocycles. The average Bonchev–Trinajstić information content (AvgIpc) is 3.47. The fourth-order valence-corrected chi connectivity index (χ4v) is 3.53. The van der Waals surface area contributed by atoms with Gasteiger partial charge in [-0.2, -0.15) is 0 Å². The molecule has 0 aromatic heterocycles. The van der Waals surface area contributed by atoms with E-state index >= 15 is 0 Å². The van der Waals surface area contributed by atoms with Crippen LogP contribution in [0.5, 0.6) is 0 Å². The molecule has 4 unspecified atom stereocenters. The van der Waals surface area contributed by atoms with Crippen molar-refractivity contribution in [1.29, 1.82) is 0 Å². The summed E-state index contributed by atoms with van der Waals surface area (Å²) in [6.07, 6.45) is 1.99. The summed E-state index contributed by atoms with van der Waals surface area (Å²) in [5.41, 5.74) is 2.31. The molecule has 0 heterocycles. The number of hydrogen-bond acceptors (Lipinski definition) is 1. The molecule has 2 aromatic carbocycles. The first-order valence-electron chi connectivity index (χ1n) is 8.30. The lowest BCUT2D eigenvalue weighted by molar-refractivity contribution is -0.122. The first kappa shape index (κ1) is 14.4. The summed E-state index contributed by atoms with van der Waals surface area (Å²) >= 11 is 0. The number of hydrogen-bond donors (Lipinski definition) is 1. The summed E-state index contributed by atoms with van der Waals surface area (Å²) in [5.74, 6) is 1.26. The maximum absolute atomic E-state index is 13.2. The Morgan fingerprint density at radius 2 is 1.78 bits per heavy atom. The molecule has 4 rings (SSSR count). The van der Waals surface area contributed by atoms with Gasteiger partial charge in [0, 0.05) is 12.5 Å². The molecule has 0 aliphatic heterocycles. The van der Waals surface area contributed by atoms with Crippen molar-refractivity contribution in [2.75, 3.05) is 6.54 Å². The molecule has 2 saturated carbocycles. The molecule has 2 nitrogen and oxygen atoms in total. The lowest BCUT2D eigenvalue weighted by Gasteiger charge is -2.05. The summed E-state index contributed by atoms with van der Waals surface area (Å²) < 4.78 is 13.2. The van der Waals surface area contributed by atoms with Gasteiger partial charge in [-0.05, 0) is 53.9 Å². The highest BCUT2D eigenvalue weighted by atomic mass is 19.1. The van der Waals surface area contributed by atoms with Crippen molar-refractivity contribution in [2.45, 2.75) is 24.7 Å². The van der Waals surface area contributed by atoms with Gasteiger partial charge in [0.25, 0.3) is 0 Å². The lowest BCUT2D eigenvalue weighted by Crippen LogP contribution is -2.27. The van der Waals surface area contributed by atoms with Crippen molar-refractivity contribution in [3.63, 3.8) is 0 Å². The molecule has 118 valence electrons. The zero-order valence-corrected chi connectivity index (χ0v) is 12.9. The highest BCUT2D eigenvalue weighted by Gasteiger charge is 2.45. The Kier molecular flexibility index (Phi) is 3.64. The van der Waals surface area contributed by atoms with E-state index in [2.05, 4.69) is 29.6 Å². The molecule has 0 radical (unpaired) electrons. The van der Waals surface area contributed by atoms with Gasteiger partial charge >= 0.3 is 0 Å². The van der Waals surface area contributed by atoms with Crippen LogP contribution in [0.3, 0.4) is 0 Å². The largest absolute Gasteiger partial charge is 0.356 e. The van der Waals surface area contributed by atoms with E-state index in [1.54, 1.807) is 12.1 Å². The minimum Gasteiger partial charge on any atom is -0.356 e. The Labute approximate surface area is 135 Å². The van der Waals surface area contributed by atoms with Crippen molar-refractivity contribution in [3.8, 4) is 0 Å². The normalized spacial score (nSPS) is 28.2. The number of rotatable bonds is 5. The Morgan fingerprint density at radius 3 is 2.57 bits per heavy atom. The molecule has 23 heavy (non-hydrogen) atoms. The third-order valence-electron chi connectivity index (χ3n) is 5.09. The molecule has 0 spiro atoms. The SMILES string of the molecule is O=C(NCC1CC1c1ccccc1)C1CC1c1cccc(F)c1. The molecule has 4 atom stereocenters. The Bertz CT molecular complexity index is 715. The molecule has 2 fully saturated rings. The third-order valence-corrected chi connectivity index (χ3v) is 5.09. The van der Waals surface area contributed by atoms with Crippen molar-refractivity contribution in [1.82, 2.24) is 5.32 Å². The summed E-state index contributed by atoms with van der Waals surface area (Å²) in [6.45, 7) is 0.755. The van der Waals surface area contributed by atoms with Gasteiger partial charge in [-0.25, -0.2) is 4.39 Å². The second-order valence-electron chi connectivity index (χ2n) is 6.76. The van der Waals surface area contributed by atoms with Crippen molar-refractivity contribution in [2.24, 2.45) is 11.8 Å². The predicted molar refractivity (Wildman–Crippen MR) is 87.5 cm³/mol. The van der Waals surface area contributed by atoms with E-state index < -0.39 is 0 Å². The molecular formula is C20H20FNO. The van der Waals surface area contributed by atoms with Gasteiger partial charge in [0.2, 0.25) is 5.91 Å². The number of benzene rings is 2. The fraction of sp³-hybridized carbons (Fsp3) is 0.350. The Balaban J connectivity index is 1.26. The first-order chi connectivity index (χ1) is 11.2. The monoisotopic (exact) mass is 309 g/mol. The van der Waals surface area contributed by atoms with E-state index in [1.807, 2.05) is 12.1 Å². The topological polar surface area (TPSA) is 29.1 Å². The smallest absolute Gasteiger partial charge is 0.223 e. The molecule has 2 aromatic rings. The van der Waals surface area contributed by atoms with E-state index in [1.165, 1.54) is 11.6 Å². The zero-order valence-electron chi connectivity index (χ0n) is 12.9. The third kappa shape index (κ3) is 3.14. The first-order valence-corrected chi connectivity index (χ1v) is 8.30. The van der Waals surface area contributed by atoms with Crippen LogP contribution in [0.2, 0.25) is 0 Å². The van der Waals surface area contributed by atoms with Gasteiger partial charge in [0.1, 0.15) is 5.82 Å². The molecular weight excluding hydrogens is 289 g/mol. The van der Waals surface area contributed by atoms with Crippen LogP contribution in [-0.2, 0) is 4.79 Å². The summed E-state index contributed by atoms with van der Waals surface area (Å²) in [6, 6.07) is 17.1. The van der Waals surface area contributed by atoms with Crippen LogP contribution in [-0.4, -0.2) is 12.5 Å². The van der Waals surface area contributed by atoms with Gasteiger partial charge in [0.15, 0.2) is 0 Å². The van der Waals surface area contributed by atoms with Crippen LogP contribution in [0.1, 0.15) is 35.8 Å². The number of halogens is 1. The van der Waals surface area contributed by atoms with Crippen molar-refractivity contribution < 1.29 is 9.18 Å².